The van der Waals surface area contributed by atoms with E-state index in [1.54, 1.807) is 25.1 Å². The lowest BCUT2D eigenvalue weighted by Gasteiger charge is -2.27. The summed E-state index contributed by atoms with van der Waals surface area (Å²) in [6.07, 6.45) is -1.15. The minimum Gasteiger partial charge on any atom is -0.360 e. The van der Waals surface area contributed by atoms with Crippen molar-refractivity contribution in [1.29, 1.82) is 0 Å². The van der Waals surface area contributed by atoms with Gasteiger partial charge in [-0.25, -0.2) is 12.8 Å². The lowest BCUT2D eigenvalue weighted by atomic mass is 10.2. The van der Waals surface area contributed by atoms with Crippen molar-refractivity contribution in [2.45, 2.75) is 18.0 Å². The number of hydrogen-bond donors (Lipinski definition) is 3. The summed E-state index contributed by atoms with van der Waals surface area (Å²) in [5, 5.41) is 5.41. The van der Waals surface area contributed by atoms with Crippen LogP contribution in [0.4, 0.5) is 15.8 Å². The minimum atomic E-state index is -3.78. The molecule has 1 aliphatic rings. The third-order valence-corrected chi connectivity index (χ3v) is 4.94. The van der Waals surface area contributed by atoms with Crippen LogP contribution < -0.4 is 15.4 Å². The molecule has 2 aromatic rings. The Morgan fingerprint density at radius 2 is 1.96 bits per heavy atom. The summed E-state index contributed by atoms with van der Waals surface area (Å²) in [4.78, 5) is 12.4. The summed E-state index contributed by atoms with van der Waals surface area (Å²) in [5.41, 5.74) is 1.30. The number of para-hydroxylation sites is 1. The van der Waals surface area contributed by atoms with Crippen LogP contribution in [0.15, 0.2) is 47.4 Å². The van der Waals surface area contributed by atoms with Crippen LogP contribution in [0.2, 0.25) is 0 Å². The number of nitrogens with one attached hydrogen (secondary N) is 3. The number of carbonyl (C=O) groups is 1. The predicted molar refractivity (Wildman–Crippen MR) is 83.9 cm³/mol. The molecule has 0 saturated heterocycles. The van der Waals surface area contributed by atoms with Gasteiger partial charge in [-0.2, -0.15) is 4.72 Å². The second-order valence-corrected chi connectivity index (χ2v) is 6.83. The predicted octanol–water partition coefficient (Wildman–Crippen LogP) is 1.80. The van der Waals surface area contributed by atoms with E-state index in [-0.39, 0.29) is 4.90 Å². The molecular weight excluding hydrogens is 321 g/mol. The van der Waals surface area contributed by atoms with Gasteiger partial charge in [0.2, 0.25) is 10.0 Å². The molecule has 3 rings (SSSR count). The molecule has 0 saturated carbocycles. The van der Waals surface area contributed by atoms with Crippen LogP contribution in [0.3, 0.4) is 0 Å². The van der Waals surface area contributed by atoms with Crippen LogP contribution in [0.1, 0.15) is 5.56 Å². The summed E-state index contributed by atoms with van der Waals surface area (Å²) in [6, 6.07) is 10.2. The summed E-state index contributed by atoms with van der Waals surface area (Å²) in [7, 11) is -3.78. The van der Waals surface area contributed by atoms with Crippen molar-refractivity contribution < 1.29 is 17.6 Å². The molecule has 6 nitrogen and oxygen atoms in total. The van der Waals surface area contributed by atoms with Crippen LogP contribution >= 0.6 is 0 Å². The minimum absolute atomic E-state index is 0.0852. The van der Waals surface area contributed by atoms with Crippen LogP contribution in [-0.2, 0) is 14.8 Å². The standard InChI is InChI=1S/C15H14FN3O3S/c1-9-8-10(16)6-7-11(9)18-15(20)14-17-12-4-2-3-5-13(12)23(21,22)19-14/h2-8,14,17,19H,1H3,(H,18,20)/t14-/m0/s1. The highest BCUT2D eigenvalue weighted by molar-refractivity contribution is 7.89. The summed E-state index contributed by atoms with van der Waals surface area (Å²) in [6.45, 7) is 1.65. The number of fused-ring (bicyclic) bond motifs is 1. The second-order valence-electron chi connectivity index (χ2n) is 5.14. The van der Waals surface area contributed by atoms with Crippen molar-refractivity contribution in [1.82, 2.24) is 4.72 Å². The average Bonchev–Trinajstić information content (AvgIpc) is 2.49. The highest BCUT2D eigenvalue weighted by Crippen LogP contribution is 2.25. The molecule has 1 amide bonds. The van der Waals surface area contributed by atoms with Crippen molar-refractivity contribution in [2.75, 3.05) is 10.6 Å². The fourth-order valence-electron chi connectivity index (χ4n) is 2.32. The molecule has 0 aliphatic carbocycles. The zero-order valence-electron chi connectivity index (χ0n) is 12.1. The van der Waals surface area contributed by atoms with E-state index in [0.29, 0.717) is 16.9 Å². The van der Waals surface area contributed by atoms with Crippen molar-refractivity contribution in [3.05, 3.63) is 53.8 Å². The molecule has 0 fully saturated rings. The maximum atomic E-state index is 13.1. The Balaban J connectivity index is 1.84. The Bertz CT molecular complexity index is 883. The first-order chi connectivity index (χ1) is 10.9. The van der Waals surface area contributed by atoms with Gasteiger partial charge in [0.25, 0.3) is 5.91 Å². The Morgan fingerprint density at radius 3 is 2.70 bits per heavy atom. The number of benzene rings is 2. The average molecular weight is 335 g/mol. The highest BCUT2D eigenvalue weighted by Gasteiger charge is 2.32. The van der Waals surface area contributed by atoms with Gasteiger partial charge in [-0.05, 0) is 42.8 Å². The second kappa shape index (κ2) is 5.64. The molecule has 1 heterocycles. The number of rotatable bonds is 2. The molecule has 23 heavy (non-hydrogen) atoms. The first-order valence-electron chi connectivity index (χ1n) is 6.82. The summed E-state index contributed by atoms with van der Waals surface area (Å²) < 4.78 is 39.7. The fraction of sp³-hybridized carbons (Fsp3) is 0.133. The number of anilines is 2. The SMILES string of the molecule is Cc1cc(F)ccc1NC(=O)[C@H]1Nc2ccccc2S(=O)(=O)N1. The Kier molecular flexibility index (Phi) is 3.78. The third-order valence-electron chi connectivity index (χ3n) is 3.46. The van der Waals surface area contributed by atoms with Crippen molar-refractivity contribution >= 4 is 27.3 Å². The Labute approximate surface area is 132 Å². The van der Waals surface area contributed by atoms with Crippen molar-refractivity contribution in [2.24, 2.45) is 0 Å². The van der Waals surface area contributed by atoms with Crippen molar-refractivity contribution in [3.8, 4) is 0 Å². The number of aryl methyl sites for hydroxylation is 1. The van der Waals surface area contributed by atoms with E-state index in [0.717, 1.165) is 0 Å². The fourth-order valence-corrected chi connectivity index (χ4v) is 3.59. The Hall–Kier alpha value is -2.45. The largest absolute Gasteiger partial charge is 0.360 e. The van der Waals surface area contributed by atoms with Gasteiger partial charge in [0.05, 0.1) is 5.69 Å². The van der Waals surface area contributed by atoms with E-state index in [1.807, 2.05) is 0 Å². The van der Waals surface area contributed by atoms with Gasteiger partial charge in [0.15, 0.2) is 6.17 Å². The third kappa shape index (κ3) is 3.03. The monoisotopic (exact) mass is 335 g/mol. The van der Waals surface area contributed by atoms with E-state index in [9.17, 15) is 17.6 Å². The van der Waals surface area contributed by atoms with Gasteiger partial charge in [0.1, 0.15) is 10.7 Å². The zero-order chi connectivity index (χ0) is 16.6. The first-order valence-corrected chi connectivity index (χ1v) is 8.30. The number of sulfonamides is 1. The molecular formula is C15H14FN3O3S. The lowest BCUT2D eigenvalue weighted by Crippen LogP contribution is -2.51. The molecule has 1 atom stereocenters. The van der Waals surface area contributed by atoms with E-state index in [2.05, 4.69) is 15.4 Å². The highest BCUT2D eigenvalue weighted by atomic mass is 32.2. The number of carbonyl (C=O) groups excluding carboxylic acids is 1. The number of amides is 1. The van der Waals surface area contributed by atoms with Gasteiger partial charge in [-0.1, -0.05) is 12.1 Å². The molecule has 0 radical (unpaired) electrons. The molecule has 3 N–H and O–H groups in total. The number of halogens is 1. The molecule has 0 spiro atoms. The van der Waals surface area contributed by atoms with Gasteiger partial charge >= 0.3 is 0 Å². The molecule has 0 bridgehead atoms. The van der Waals surface area contributed by atoms with Gasteiger partial charge in [-0.15, -0.1) is 0 Å². The topological polar surface area (TPSA) is 87.3 Å². The van der Waals surface area contributed by atoms with Gasteiger partial charge in [-0.3, -0.25) is 4.79 Å². The van der Waals surface area contributed by atoms with E-state index >= 15 is 0 Å². The van der Waals surface area contributed by atoms with Crippen LogP contribution in [0, 0.1) is 12.7 Å². The van der Waals surface area contributed by atoms with Gasteiger partial charge in [0, 0.05) is 5.69 Å². The number of hydrogen-bond acceptors (Lipinski definition) is 4. The first kappa shape index (κ1) is 15.4. The van der Waals surface area contributed by atoms with Crippen LogP contribution in [0.5, 0.6) is 0 Å². The summed E-state index contributed by atoms with van der Waals surface area (Å²) >= 11 is 0. The summed E-state index contributed by atoms with van der Waals surface area (Å²) in [5.74, 6) is -0.997. The quantitative estimate of drug-likeness (QED) is 0.781. The van der Waals surface area contributed by atoms with E-state index in [4.69, 9.17) is 0 Å². The normalized spacial score (nSPS) is 18.6. The zero-order valence-corrected chi connectivity index (χ0v) is 12.9. The van der Waals surface area contributed by atoms with Gasteiger partial charge < -0.3 is 10.6 Å². The van der Waals surface area contributed by atoms with E-state index in [1.165, 1.54) is 24.3 Å². The molecule has 120 valence electrons. The van der Waals surface area contributed by atoms with E-state index < -0.39 is 27.9 Å². The molecule has 0 aromatic heterocycles. The maximum Gasteiger partial charge on any atom is 0.262 e. The Morgan fingerprint density at radius 1 is 1.22 bits per heavy atom. The lowest BCUT2D eigenvalue weighted by molar-refractivity contribution is -0.117. The smallest absolute Gasteiger partial charge is 0.262 e. The molecule has 8 heteroatoms. The van der Waals surface area contributed by atoms with Crippen molar-refractivity contribution in [3.63, 3.8) is 0 Å². The molecule has 2 aromatic carbocycles. The van der Waals surface area contributed by atoms with Crippen LogP contribution in [0.25, 0.3) is 0 Å². The maximum absolute atomic E-state index is 13.1. The molecule has 1 aliphatic heterocycles. The van der Waals surface area contributed by atoms with Crippen LogP contribution in [-0.4, -0.2) is 20.5 Å². The molecule has 0 unspecified atom stereocenters.